The summed E-state index contributed by atoms with van der Waals surface area (Å²) in [6.45, 7) is 4.00. The Morgan fingerprint density at radius 1 is 0.270 bits per heavy atom. The highest BCUT2D eigenvalue weighted by Crippen LogP contribution is 2.63. The molecule has 0 unspecified atom stereocenters. The minimum atomic E-state index is -0.358. The van der Waals surface area contributed by atoms with Gasteiger partial charge >= 0.3 is 0 Å². The van der Waals surface area contributed by atoms with Crippen molar-refractivity contribution < 1.29 is 0 Å². The Bertz CT molecular complexity index is 3480. The molecule has 1 spiro atoms. The highest BCUT2D eigenvalue weighted by molar-refractivity contribution is 6.29. The van der Waals surface area contributed by atoms with E-state index in [1.54, 1.807) is 0 Å². The van der Waals surface area contributed by atoms with Crippen molar-refractivity contribution in [1.29, 1.82) is 0 Å². The molecule has 1 heteroatoms. The van der Waals surface area contributed by atoms with Gasteiger partial charge in [-0.25, -0.2) is 4.98 Å². The Hall–Kier alpha value is -7.87. The molecule has 1 aromatic heterocycles. The predicted molar refractivity (Wildman–Crippen MR) is 266 cm³/mol. The van der Waals surface area contributed by atoms with Crippen molar-refractivity contribution in [2.45, 2.75) is 19.3 Å². The zero-order chi connectivity index (χ0) is 42.1. The summed E-state index contributed by atoms with van der Waals surface area (Å²) in [6.07, 6.45) is 0. The van der Waals surface area contributed by atoms with E-state index in [0.29, 0.717) is 0 Å². The van der Waals surface area contributed by atoms with Gasteiger partial charge in [0.05, 0.1) is 16.8 Å². The van der Waals surface area contributed by atoms with E-state index in [9.17, 15) is 0 Å². The van der Waals surface area contributed by atoms with Gasteiger partial charge in [-0.1, -0.05) is 214 Å². The van der Waals surface area contributed by atoms with Gasteiger partial charge in [0.15, 0.2) is 0 Å². The first-order valence-electron chi connectivity index (χ1n) is 22.2. The maximum absolute atomic E-state index is 5.18. The maximum atomic E-state index is 5.18. The molecule has 63 heavy (non-hydrogen) atoms. The summed E-state index contributed by atoms with van der Waals surface area (Å²) in [5.74, 6) is 0. The highest BCUT2D eigenvalue weighted by Gasteiger charge is 2.51. The molecule has 10 aromatic carbocycles. The van der Waals surface area contributed by atoms with Crippen molar-refractivity contribution in [2.24, 2.45) is 0 Å². The van der Waals surface area contributed by atoms with Crippen LogP contribution < -0.4 is 0 Å². The first kappa shape index (κ1) is 36.9. The third-order valence-electron chi connectivity index (χ3n) is 13.5. The monoisotopic (exact) mass is 801 g/mol. The molecule has 1 heterocycles. The largest absolute Gasteiger partial charge is 0.248 e. The van der Waals surface area contributed by atoms with E-state index in [0.717, 1.165) is 28.1 Å². The minimum absolute atomic E-state index is 0.358. The standard InChI is InChI=1S/C60H37N.C2H6/c1-3-16-38(17-4-1)57-36-42(37-58(61-57)39-18-5-2-6-19-39)40-30-32-50-51(34-40)45-21-8-7-20-44(45)49-26-15-25-43(59(49)50)41-31-33-56-52(35-41)48-24-11-14-29-55(48)60(56)53-27-12-9-22-46(53)47-23-10-13-28-54(47)60;1-2/h1-37H;1-2H3. The van der Waals surface area contributed by atoms with Crippen LogP contribution in [0.4, 0.5) is 0 Å². The van der Waals surface area contributed by atoms with Crippen LogP contribution in [0.15, 0.2) is 224 Å². The summed E-state index contributed by atoms with van der Waals surface area (Å²) < 4.78 is 0. The van der Waals surface area contributed by atoms with Crippen LogP contribution in [-0.4, -0.2) is 4.98 Å². The van der Waals surface area contributed by atoms with Gasteiger partial charge in [-0.2, -0.15) is 0 Å². The lowest BCUT2D eigenvalue weighted by molar-refractivity contribution is 0.794. The lowest BCUT2D eigenvalue weighted by Crippen LogP contribution is -2.25. The van der Waals surface area contributed by atoms with Crippen LogP contribution in [0, 0.1) is 0 Å². The molecule has 0 saturated carbocycles. The average Bonchev–Trinajstić information content (AvgIpc) is 3.84. The summed E-state index contributed by atoms with van der Waals surface area (Å²) in [5.41, 5.74) is 19.3. The van der Waals surface area contributed by atoms with Crippen molar-refractivity contribution in [3.05, 3.63) is 247 Å². The Morgan fingerprint density at radius 3 is 1.32 bits per heavy atom. The number of benzene rings is 10. The molecule has 0 aliphatic heterocycles. The van der Waals surface area contributed by atoms with E-state index in [2.05, 4.69) is 224 Å². The topological polar surface area (TPSA) is 12.9 Å². The third-order valence-corrected chi connectivity index (χ3v) is 13.5. The molecule has 2 aliphatic carbocycles. The van der Waals surface area contributed by atoms with E-state index in [4.69, 9.17) is 4.98 Å². The van der Waals surface area contributed by atoms with Gasteiger partial charge in [-0.3, -0.25) is 0 Å². The molecule has 11 aromatic rings. The second kappa shape index (κ2) is 14.6. The predicted octanol–water partition coefficient (Wildman–Crippen LogP) is 16.6. The zero-order valence-corrected chi connectivity index (χ0v) is 35.3. The van der Waals surface area contributed by atoms with Gasteiger partial charge in [-0.15, -0.1) is 0 Å². The van der Waals surface area contributed by atoms with E-state index in [-0.39, 0.29) is 5.41 Å². The molecule has 2 aliphatic rings. The van der Waals surface area contributed by atoms with Crippen LogP contribution in [-0.2, 0) is 5.41 Å². The van der Waals surface area contributed by atoms with Crippen LogP contribution in [0.3, 0.4) is 0 Å². The Labute approximate surface area is 368 Å². The number of hydrogen-bond acceptors (Lipinski definition) is 1. The van der Waals surface area contributed by atoms with Crippen LogP contribution in [0.5, 0.6) is 0 Å². The molecule has 0 radical (unpaired) electrons. The fourth-order valence-electron chi connectivity index (χ4n) is 10.9. The molecule has 0 bridgehead atoms. The smallest absolute Gasteiger partial charge is 0.0725 e. The van der Waals surface area contributed by atoms with Gasteiger partial charge < -0.3 is 0 Å². The normalized spacial score (nSPS) is 12.7. The van der Waals surface area contributed by atoms with Crippen molar-refractivity contribution >= 4 is 32.3 Å². The summed E-state index contributed by atoms with van der Waals surface area (Å²) >= 11 is 0. The van der Waals surface area contributed by atoms with Crippen LogP contribution in [0.25, 0.3) is 99.3 Å². The van der Waals surface area contributed by atoms with E-state index >= 15 is 0 Å². The molecule has 0 saturated heterocycles. The lowest BCUT2D eigenvalue weighted by atomic mass is 9.70. The summed E-state index contributed by atoms with van der Waals surface area (Å²) in [4.78, 5) is 5.18. The van der Waals surface area contributed by atoms with Crippen molar-refractivity contribution in [2.75, 3.05) is 0 Å². The van der Waals surface area contributed by atoms with Crippen LogP contribution >= 0.6 is 0 Å². The lowest BCUT2D eigenvalue weighted by Gasteiger charge is -2.30. The first-order chi connectivity index (χ1) is 31.3. The second-order valence-electron chi connectivity index (χ2n) is 16.5. The second-order valence-corrected chi connectivity index (χ2v) is 16.5. The minimum Gasteiger partial charge on any atom is -0.248 e. The van der Waals surface area contributed by atoms with Crippen molar-refractivity contribution in [3.63, 3.8) is 0 Å². The Balaban J connectivity index is 0.00000208. The molecule has 0 amide bonds. The molecule has 0 N–H and O–H groups in total. The molecule has 0 atom stereocenters. The molecule has 296 valence electrons. The Kier molecular flexibility index (Phi) is 8.59. The number of pyridine rings is 1. The fraction of sp³-hybridized carbons (Fsp3) is 0.0484. The molecule has 1 nitrogen and oxygen atoms in total. The maximum Gasteiger partial charge on any atom is 0.0725 e. The van der Waals surface area contributed by atoms with Gasteiger partial charge in [0, 0.05) is 11.1 Å². The summed E-state index contributed by atoms with van der Waals surface area (Å²) in [5, 5.41) is 7.57. The van der Waals surface area contributed by atoms with E-state index in [1.165, 1.54) is 93.5 Å². The summed E-state index contributed by atoms with van der Waals surface area (Å²) in [7, 11) is 0. The quantitative estimate of drug-likeness (QED) is 0.162. The SMILES string of the molecule is CC.c1ccc(-c2cc(-c3ccc4c(c3)c3ccccc3c3cccc(-c5ccc6c(c5)-c5ccccc5C65c6ccccc6-c6ccccc65)c34)cc(-c3ccccc3)n2)cc1. The van der Waals surface area contributed by atoms with Crippen LogP contribution in [0.2, 0.25) is 0 Å². The number of hydrogen-bond donors (Lipinski definition) is 0. The van der Waals surface area contributed by atoms with Gasteiger partial charge in [0.1, 0.15) is 0 Å². The third kappa shape index (κ3) is 5.46. The molecule has 0 fully saturated rings. The van der Waals surface area contributed by atoms with Crippen LogP contribution in [0.1, 0.15) is 36.1 Å². The fourth-order valence-corrected chi connectivity index (χ4v) is 10.9. The van der Waals surface area contributed by atoms with E-state index < -0.39 is 0 Å². The van der Waals surface area contributed by atoms with Gasteiger partial charge in [-0.05, 0) is 123 Å². The van der Waals surface area contributed by atoms with Crippen molar-refractivity contribution in [3.8, 4) is 67.0 Å². The van der Waals surface area contributed by atoms with Gasteiger partial charge in [0.25, 0.3) is 0 Å². The first-order valence-corrected chi connectivity index (χ1v) is 22.2. The number of rotatable bonds is 4. The number of aromatic nitrogens is 1. The Morgan fingerprint density at radius 2 is 0.714 bits per heavy atom. The van der Waals surface area contributed by atoms with Crippen molar-refractivity contribution in [1.82, 2.24) is 4.98 Å². The zero-order valence-electron chi connectivity index (χ0n) is 35.3. The molecular formula is C62H43N. The van der Waals surface area contributed by atoms with E-state index in [1.807, 2.05) is 13.8 Å². The summed E-state index contributed by atoms with van der Waals surface area (Å²) in [6, 6.07) is 82.8. The molecule has 13 rings (SSSR count). The number of fused-ring (bicyclic) bond motifs is 16. The number of nitrogens with zero attached hydrogens (tertiary/aromatic N) is 1. The average molecular weight is 802 g/mol. The highest BCUT2D eigenvalue weighted by atomic mass is 14.7. The molecular weight excluding hydrogens is 759 g/mol. The van der Waals surface area contributed by atoms with Gasteiger partial charge in [0.2, 0.25) is 0 Å².